The number of carboxylic acid groups (broad SMARTS) is 1. The molecule has 74 valence electrons. The van der Waals surface area contributed by atoms with Crippen molar-refractivity contribution in [1.29, 1.82) is 0 Å². The van der Waals surface area contributed by atoms with E-state index in [0.29, 0.717) is 6.54 Å². The highest BCUT2D eigenvalue weighted by Gasteiger charge is 2.37. The van der Waals surface area contributed by atoms with Crippen LogP contribution in [0.4, 0.5) is 8.78 Å². The molecule has 0 saturated carbocycles. The average Bonchev–Trinajstić information content (AvgIpc) is 2.29. The van der Waals surface area contributed by atoms with Crippen molar-refractivity contribution in [3.63, 3.8) is 0 Å². The second-order valence-corrected chi connectivity index (χ2v) is 3.08. The number of likely N-dealkylation sites (tertiary alicyclic amines) is 1. The zero-order valence-electron chi connectivity index (χ0n) is 7.04. The van der Waals surface area contributed by atoms with Crippen LogP contribution in [-0.4, -0.2) is 41.5 Å². The Morgan fingerprint density at radius 2 is 2.31 bits per heavy atom. The van der Waals surface area contributed by atoms with Crippen molar-refractivity contribution in [2.45, 2.75) is 12.3 Å². The molecule has 13 heavy (non-hydrogen) atoms. The van der Waals surface area contributed by atoms with E-state index in [1.165, 1.54) is 11.0 Å². The highest BCUT2D eigenvalue weighted by Crippen LogP contribution is 2.26. The van der Waals surface area contributed by atoms with Gasteiger partial charge in [-0.25, -0.2) is 13.6 Å². The van der Waals surface area contributed by atoms with E-state index in [1.54, 1.807) is 0 Å². The fourth-order valence-corrected chi connectivity index (χ4v) is 1.27. The summed E-state index contributed by atoms with van der Waals surface area (Å²) in [5.74, 6) is -3.65. The summed E-state index contributed by atoms with van der Waals surface area (Å²) in [7, 11) is 0. The molecule has 0 aromatic heterocycles. The van der Waals surface area contributed by atoms with Crippen LogP contribution < -0.4 is 0 Å². The van der Waals surface area contributed by atoms with Gasteiger partial charge in [-0.1, -0.05) is 6.08 Å². The van der Waals surface area contributed by atoms with Gasteiger partial charge in [-0.05, 0) is 0 Å². The van der Waals surface area contributed by atoms with Crippen LogP contribution >= 0.6 is 0 Å². The number of nitrogens with zero attached hydrogens (tertiary/aromatic N) is 1. The fourth-order valence-electron chi connectivity index (χ4n) is 1.27. The number of carbonyl (C=O) groups is 1. The van der Waals surface area contributed by atoms with Gasteiger partial charge < -0.3 is 5.11 Å². The third-order valence-corrected chi connectivity index (χ3v) is 1.87. The van der Waals surface area contributed by atoms with Crippen molar-refractivity contribution >= 4 is 5.97 Å². The molecule has 1 aliphatic rings. The maximum absolute atomic E-state index is 12.6. The smallest absolute Gasteiger partial charge is 0.328 e. The Hall–Kier alpha value is -0.970. The summed E-state index contributed by atoms with van der Waals surface area (Å²) >= 11 is 0. The van der Waals surface area contributed by atoms with Crippen LogP contribution in [-0.2, 0) is 4.79 Å². The zero-order valence-corrected chi connectivity index (χ0v) is 7.04. The SMILES string of the molecule is O=C(O)C=CCN1CCC(F)(F)C1. The predicted octanol–water partition coefficient (Wildman–Crippen LogP) is 0.968. The lowest BCUT2D eigenvalue weighted by molar-refractivity contribution is -0.131. The Labute approximate surface area is 74.6 Å². The van der Waals surface area contributed by atoms with Crippen LogP contribution in [0.3, 0.4) is 0 Å². The van der Waals surface area contributed by atoms with Gasteiger partial charge in [-0.15, -0.1) is 0 Å². The number of rotatable bonds is 3. The largest absolute Gasteiger partial charge is 0.478 e. The third-order valence-electron chi connectivity index (χ3n) is 1.87. The lowest BCUT2D eigenvalue weighted by Crippen LogP contribution is -2.25. The minimum absolute atomic E-state index is 0.131. The van der Waals surface area contributed by atoms with Crippen molar-refractivity contribution in [3.8, 4) is 0 Å². The quantitative estimate of drug-likeness (QED) is 0.676. The summed E-state index contributed by atoms with van der Waals surface area (Å²) in [6.45, 7) is 0.343. The first-order chi connectivity index (χ1) is 5.99. The van der Waals surface area contributed by atoms with Gasteiger partial charge in [0.15, 0.2) is 0 Å². The highest BCUT2D eigenvalue weighted by atomic mass is 19.3. The van der Waals surface area contributed by atoms with E-state index >= 15 is 0 Å². The summed E-state index contributed by atoms with van der Waals surface area (Å²) in [5.41, 5.74) is 0. The van der Waals surface area contributed by atoms with Crippen LogP contribution in [0.5, 0.6) is 0 Å². The second-order valence-electron chi connectivity index (χ2n) is 3.08. The van der Waals surface area contributed by atoms with Gasteiger partial charge in [0.1, 0.15) is 0 Å². The molecule has 0 aromatic rings. The topological polar surface area (TPSA) is 40.5 Å². The van der Waals surface area contributed by atoms with E-state index in [-0.39, 0.29) is 19.5 Å². The molecule has 0 spiro atoms. The molecule has 0 bridgehead atoms. The van der Waals surface area contributed by atoms with Gasteiger partial charge in [0, 0.05) is 25.6 Å². The number of carboxylic acids is 1. The van der Waals surface area contributed by atoms with Gasteiger partial charge in [-0.2, -0.15) is 0 Å². The third kappa shape index (κ3) is 3.50. The molecule has 3 nitrogen and oxygen atoms in total. The Balaban J connectivity index is 2.29. The molecule has 1 aliphatic heterocycles. The number of aliphatic carboxylic acids is 1. The van der Waals surface area contributed by atoms with Gasteiger partial charge in [0.25, 0.3) is 5.92 Å². The molecule has 0 atom stereocenters. The van der Waals surface area contributed by atoms with E-state index in [4.69, 9.17) is 5.11 Å². The van der Waals surface area contributed by atoms with Gasteiger partial charge in [0.05, 0.1) is 6.54 Å². The van der Waals surface area contributed by atoms with Crippen molar-refractivity contribution < 1.29 is 18.7 Å². The summed E-state index contributed by atoms with van der Waals surface area (Å²) in [6.07, 6.45) is 2.22. The van der Waals surface area contributed by atoms with Crippen LogP contribution in [0.15, 0.2) is 12.2 Å². The molecule has 1 fully saturated rings. The minimum Gasteiger partial charge on any atom is -0.478 e. The summed E-state index contributed by atoms with van der Waals surface area (Å²) in [4.78, 5) is 11.6. The zero-order chi connectivity index (χ0) is 9.90. The molecule has 1 heterocycles. The minimum atomic E-state index is -2.60. The molecule has 0 aromatic carbocycles. The Morgan fingerprint density at radius 1 is 1.62 bits per heavy atom. The molecule has 1 N–H and O–H groups in total. The van der Waals surface area contributed by atoms with Gasteiger partial charge >= 0.3 is 5.97 Å². The molecular formula is C8H11F2NO2. The number of halogens is 2. The first-order valence-electron chi connectivity index (χ1n) is 3.99. The fraction of sp³-hybridized carbons (Fsp3) is 0.625. The standard InChI is InChI=1S/C8H11F2NO2/c9-8(10)3-5-11(6-8)4-1-2-7(12)13/h1-2H,3-6H2,(H,12,13). The lowest BCUT2D eigenvalue weighted by Gasteiger charge is -2.11. The van der Waals surface area contributed by atoms with Crippen LogP contribution in [0.1, 0.15) is 6.42 Å². The highest BCUT2D eigenvalue weighted by molar-refractivity contribution is 5.79. The molecule has 0 radical (unpaired) electrons. The first kappa shape index (κ1) is 10.1. The molecule has 5 heteroatoms. The van der Waals surface area contributed by atoms with Crippen molar-refractivity contribution in [3.05, 3.63) is 12.2 Å². The maximum Gasteiger partial charge on any atom is 0.328 e. The second kappa shape index (κ2) is 3.83. The lowest BCUT2D eigenvalue weighted by atomic mass is 10.3. The monoisotopic (exact) mass is 191 g/mol. The van der Waals surface area contributed by atoms with Crippen LogP contribution in [0.2, 0.25) is 0 Å². The van der Waals surface area contributed by atoms with E-state index in [9.17, 15) is 13.6 Å². The molecular weight excluding hydrogens is 180 g/mol. The van der Waals surface area contributed by atoms with Crippen molar-refractivity contribution in [2.75, 3.05) is 19.6 Å². The van der Waals surface area contributed by atoms with Crippen molar-refractivity contribution in [2.24, 2.45) is 0 Å². The predicted molar refractivity (Wildman–Crippen MR) is 42.8 cm³/mol. The van der Waals surface area contributed by atoms with Crippen molar-refractivity contribution in [1.82, 2.24) is 4.90 Å². The van der Waals surface area contributed by atoms with Crippen LogP contribution in [0, 0.1) is 0 Å². The van der Waals surface area contributed by atoms with Gasteiger partial charge in [-0.3, -0.25) is 4.90 Å². The Morgan fingerprint density at radius 3 is 2.77 bits per heavy atom. The Kier molecular flexibility index (Phi) is 2.98. The molecule has 0 amide bonds. The van der Waals surface area contributed by atoms with E-state index < -0.39 is 11.9 Å². The number of hydrogen-bond acceptors (Lipinski definition) is 2. The summed E-state index contributed by atoms with van der Waals surface area (Å²) < 4.78 is 25.2. The van der Waals surface area contributed by atoms with E-state index in [0.717, 1.165) is 6.08 Å². The average molecular weight is 191 g/mol. The summed E-state index contributed by atoms with van der Waals surface area (Å²) in [6, 6.07) is 0. The number of hydrogen-bond donors (Lipinski definition) is 1. The molecule has 1 rings (SSSR count). The first-order valence-corrected chi connectivity index (χ1v) is 3.99. The van der Waals surface area contributed by atoms with E-state index in [2.05, 4.69) is 0 Å². The molecule has 0 aliphatic carbocycles. The molecule has 1 saturated heterocycles. The van der Waals surface area contributed by atoms with E-state index in [1.807, 2.05) is 0 Å². The normalized spacial score (nSPS) is 22.6. The molecule has 0 unspecified atom stereocenters. The van der Waals surface area contributed by atoms with Crippen LogP contribution in [0.25, 0.3) is 0 Å². The number of alkyl halides is 2. The Bertz CT molecular complexity index is 228. The summed E-state index contributed by atoms with van der Waals surface area (Å²) in [5, 5.41) is 8.24. The van der Waals surface area contributed by atoms with Gasteiger partial charge in [0.2, 0.25) is 0 Å². The maximum atomic E-state index is 12.6.